The van der Waals surface area contributed by atoms with Crippen molar-refractivity contribution < 1.29 is 9.53 Å². The van der Waals surface area contributed by atoms with Crippen molar-refractivity contribution in [1.82, 2.24) is 15.3 Å². The molecule has 1 aromatic heterocycles. The van der Waals surface area contributed by atoms with Gasteiger partial charge in [0, 0.05) is 31.3 Å². The van der Waals surface area contributed by atoms with Crippen LogP contribution in [0.4, 0.5) is 4.79 Å². The van der Waals surface area contributed by atoms with Crippen molar-refractivity contribution in [3.63, 3.8) is 0 Å². The van der Waals surface area contributed by atoms with Gasteiger partial charge in [0.05, 0.1) is 6.20 Å². The Kier molecular flexibility index (Phi) is 5.30. The van der Waals surface area contributed by atoms with Gasteiger partial charge in [-0.05, 0) is 28.2 Å². The van der Waals surface area contributed by atoms with Gasteiger partial charge in [-0.25, -0.2) is 9.78 Å². The highest BCUT2D eigenvalue weighted by Gasteiger charge is 2.28. The molecule has 0 fully saturated rings. The zero-order chi connectivity index (χ0) is 19.2. The van der Waals surface area contributed by atoms with Crippen LogP contribution in [0.1, 0.15) is 29.2 Å². The number of carbonyl (C=O) groups is 1. The first-order valence-electron chi connectivity index (χ1n) is 9.16. The van der Waals surface area contributed by atoms with Gasteiger partial charge >= 0.3 is 6.09 Å². The molecule has 0 saturated carbocycles. The molecule has 1 heterocycles. The Morgan fingerprint density at radius 3 is 2.43 bits per heavy atom. The number of amides is 1. The highest BCUT2D eigenvalue weighted by atomic mass is 16.5. The first kappa shape index (κ1) is 17.7. The van der Waals surface area contributed by atoms with Crippen LogP contribution < -0.4 is 5.32 Å². The minimum atomic E-state index is -0.428. The zero-order valence-electron chi connectivity index (χ0n) is 15.3. The van der Waals surface area contributed by atoms with E-state index in [-0.39, 0.29) is 5.92 Å². The van der Waals surface area contributed by atoms with Gasteiger partial charge in [-0.15, -0.1) is 0 Å². The highest BCUT2D eigenvalue weighted by Crippen LogP contribution is 2.44. The van der Waals surface area contributed by atoms with Crippen LogP contribution in [0.2, 0.25) is 0 Å². The van der Waals surface area contributed by atoms with Crippen molar-refractivity contribution in [1.29, 1.82) is 0 Å². The van der Waals surface area contributed by atoms with Crippen molar-refractivity contribution in [3.8, 4) is 23.0 Å². The number of alkyl carbamates (subject to hydrolysis) is 1. The molecule has 0 atom stereocenters. The molecule has 1 amide bonds. The van der Waals surface area contributed by atoms with E-state index in [0.717, 1.165) is 0 Å². The summed E-state index contributed by atoms with van der Waals surface area (Å²) in [5.41, 5.74) is 5.44. The third kappa shape index (κ3) is 3.86. The standard InChI is InChI=1S/C23H19N3O2/c27-23(26-12-6-5-7-17-15-24-13-14-25-17)28-16-22-20-10-3-1-8-18(20)19-9-2-4-11-21(19)22/h1-4,8-11,13-15,22H,6,12,16H2,(H,26,27). The summed E-state index contributed by atoms with van der Waals surface area (Å²) < 4.78 is 5.48. The van der Waals surface area contributed by atoms with Crippen LogP contribution in [0.3, 0.4) is 0 Å². The second kappa shape index (κ2) is 8.36. The van der Waals surface area contributed by atoms with Gasteiger partial charge < -0.3 is 10.1 Å². The third-order valence-corrected chi connectivity index (χ3v) is 4.64. The van der Waals surface area contributed by atoms with E-state index >= 15 is 0 Å². The lowest BCUT2D eigenvalue weighted by Crippen LogP contribution is -2.26. The van der Waals surface area contributed by atoms with E-state index in [1.807, 2.05) is 24.3 Å². The van der Waals surface area contributed by atoms with Crippen molar-refractivity contribution in [2.75, 3.05) is 13.2 Å². The van der Waals surface area contributed by atoms with Crippen LogP contribution in [0.25, 0.3) is 11.1 Å². The number of fused-ring (bicyclic) bond motifs is 3. The molecule has 0 radical (unpaired) electrons. The van der Waals surface area contributed by atoms with Crippen molar-refractivity contribution in [2.45, 2.75) is 12.3 Å². The maximum atomic E-state index is 12.1. The fourth-order valence-corrected chi connectivity index (χ4v) is 3.39. The number of hydrogen-bond donors (Lipinski definition) is 1. The van der Waals surface area contributed by atoms with Crippen LogP contribution >= 0.6 is 0 Å². The zero-order valence-corrected chi connectivity index (χ0v) is 15.3. The minimum Gasteiger partial charge on any atom is -0.449 e. The molecule has 0 spiro atoms. The lowest BCUT2D eigenvalue weighted by Gasteiger charge is -2.14. The minimum absolute atomic E-state index is 0.0644. The second-order valence-electron chi connectivity index (χ2n) is 6.39. The third-order valence-electron chi connectivity index (χ3n) is 4.64. The van der Waals surface area contributed by atoms with E-state index in [0.29, 0.717) is 25.3 Å². The number of aromatic nitrogens is 2. The largest absolute Gasteiger partial charge is 0.449 e. The van der Waals surface area contributed by atoms with Crippen LogP contribution in [0.5, 0.6) is 0 Å². The summed E-state index contributed by atoms with van der Waals surface area (Å²) in [5.74, 6) is 5.92. The summed E-state index contributed by atoms with van der Waals surface area (Å²) in [6.45, 7) is 0.731. The molecule has 3 aromatic rings. The molecular weight excluding hydrogens is 350 g/mol. The summed E-state index contributed by atoms with van der Waals surface area (Å²) >= 11 is 0. The molecule has 1 aliphatic carbocycles. The van der Waals surface area contributed by atoms with Gasteiger partial charge in [-0.1, -0.05) is 54.5 Å². The topological polar surface area (TPSA) is 64.1 Å². The summed E-state index contributed by atoms with van der Waals surface area (Å²) in [5, 5.41) is 2.74. The predicted octanol–water partition coefficient (Wildman–Crippen LogP) is 3.76. The number of nitrogens with one attached hydrogen (secondary N) is 1. The molecule has 1 aliphatic rings. The summed E-state index contributed by atoms with van der Waals surface area (Å²) in [6.07, 6.45) is 4.89. The Hall–Kier alpha value is -3.65. The molecule has 0 saturated heterocycles. The van der Waals surface area contributed by atoms with Gasteiger partial charge in [0.25, 0.3) is 0 Å². The monoisotopic (exact) mass is 369 g/mol. The predicted molar refractivity (Wildman–Crippen MR) is 107 cm³/mol. The van der Waals surface area contributed by atoms with Crippen molar-refractivity contribution >= 4 is 6.09 Å². The van der Waals surface area contributed by atoms with E-state index in [4.69, 9.17) is 4.74 Å². The molecule has 1 N–H and O–H groups in total. The molecule has 0 bridgehead atoms. The van der Waals surface area contributed by atoms with Crippen LogP contribution in [-0.4, -0.2) is 29.2 Å². The van der Waals surface area contributed by atoms with E-state index in [1.54, 1.807) is 18.6 Å². The number of hydrogen-bond acceptors (Lipinski definition) is 4. The fraction of sp³-hybridized carbons (Fsp3) is 0.174. The Bertz CT molecular complexity index is 993. The number of carbonyl (C=O) groups excluding carboxylic acids is 1. The molecule has 0 aliphatic heterocycles. The molecular formula is C23H19N3O2. The van der Waals surface area contributed by atoms with E-state index in [2.05, 4.69) is 51.4 Å². The summed E-state index contributed by atoms with van der Waals surface area (Å²) in [7, 11) is 0. The molecule has 5 heteroatoms. The molecule has 138 valence electrons. The van der Waals surface area contributed by atoms with Gasteiger partial charge in [0.1, 0.15) is 12.3 Å². The Morgan fingerprint density at radius 1 is 1.04 bits per heavy atom. The summed E-state index contributed by atoms with van der Waals surface area (Å²) in [6, 6.07) is 16.5. The molecule has 2 aromatic carbocycles. The van der Waals surface area contributed by atoms with Gasteiger partial charge in [-0.3, -0.25) is 4.98 Å². The average molecular weight is 369 g/mol. The smallest absolute Gasteiger partial charge is 0.407 e. The SMILES string of the molecule is O=C(NCCC#Cc1cnccn1)OCC1c2ccccc2-c2ccccc21. The molecule has 4 rings (SSSR count). The molecule has 28 heavy (non-hydrogen) atoms. The van der Waals surface area contributed by atoms with Crippen LogP contribution in [0.15, 0.2) is 67.1 Å². The fourth-order valence-electron chi connectivity index (χ4n) is 3.39. The lowest BCUT2D eigenvalue weighted by atomic mass is 9.98. The average Bonchev–Trinajstić information content (AvgIpc) is 3.07. The molecule has 5 nitrogen and oxygen atoms in total. The highest BCUT2D eigenvalue weighted by molar-refractivity contribution is 5.79. The first-order valence-corrected chi connectivity index (χ1v) is 9.16. The Morgan fingerprint density at radius 2 is 1.75 bits per heavy atom. The quantitative estimate of drug-likeness (QED) is 0.562. The van der Waals surface area contributed by atoms with Gasteiger partial charge in [0.15, 0.2) is 0 Å². The van der Waals surface area contributed by atoms with Crippen LogP contribution in [0, 0.1) is 11.8 Å². The Balaban J connectivity index is 1.30. The number of rotatable bonds is 4. The normalized spacial score (nSPS) is 11.7. The number of ether oxygens (including phenoxy) is 1. The van der Waals surface area contributed by atoms with Gasteiger partial charge in [0.2, 0.25) is 0 Å². The van der Waals surface area contributed by atoms with Crippen molar-refractivity contribution in [2.24, 2.45) is 0 Å². The molecule has 0 unspecified atom stereocenters. The van der Waals surface area contributed by atoms with Crippen molar-refractivity contribution in [3.05, 3.63) is 83.9 Å². The second-order valence-corrected chi connectivity index (χ2v) is 6.39. The van der Waals surface area contributed by atoms with Gasteiger partial charge in [-0.2, -0.15) is 0 Å². The maximum absolute atomic E-state index is 12.1. The summed E-state index contributed by atoms with van der Waals surface area (Å²) in [4.78, 5) is 20.1. The van der Waals surface area contributed by atoms with E-state index in [1.165, 1.54) is 22.3 Å². The Labute approximate surface area is 163 Å². The number of nitrogens with zero attached hydrogens (tertiary/aromatic N) is 2. The first-order chi connectivity index (χ1) is 13.8. The van der Waals surface area contributed by atoms with Crippen LogP contribution in [-0.2, 0) is 4.74 Å². The number of benzene rings is 2. The maximum Gasteiger partial charge on any atom is 0.407 e. The van der Waals surface area contributed by atoms with E-state index < -0.39 is 6.09 Å². The van der Waals surface area contributed by atoms with E-state index in [9.17, 15) is 4.79 Å². The lowest BCUT2D eigenvalue weighted by molar-refractivity contribution is 0.143.